The third kappa shape index (κ3) is 1.41. The number of aryl methyl sites for hydroxylation is 2. The van der Waals surface area contributed by atoms with E-state index in [1.54, 1.807) is 0 Å². The molecular formula is C8H10N2. The van der Waals surface area contributed by atoms with Gasteiger partial charge in [-0.25, -0.2) is 5.53 Å². The molecule has 2 nitrogen and oxygen atoms in total. The molecule has 0 atom stereocenters. The van der Waals surface area contributed by atoms with Crippen LogP contribution in [-0.4, -0.2) is 0 Å². The van der Waals surface area contributed by atoms with E-state index in [9.17, 15) is 0 Å². The first kappa shape index (κ1) is 6.93. The van der Waals surface area contributed by atoms with E-state index in [0.29, 0.717) is 0 Å². The largest absolute Gasteiger partial charge is 0.204 e. The van der Waals surface area contributed by atoms with Gasteiger partial charge in [-0.1, -0.05) is 6.07 Å². The molecular weight excluding hydrogens is 124 g/mol. The van der Waals surface area contributed by atoms with Crippen molar-refractivity contribution in [3.63, 3.8) is 0 Å². The van der Waals surface area contributed by atoms with E-state index in [0.717, 1.165) is 16.8 Å². The Bertz CT molecular complexity index is 233. The molecule has 0 aliphatic heterocycles. The summed E-state index contributed by atoms with van der Waals surface area (Å²) in [5.41, 5.74) is 9.81. The van der Waals surface area contributed by atoms with Gasteiger partial charge in [0.25, 0.3) is 0 Å². The van der Waals surface area contributed by atoms with Crippen molar-refractivity contribution in [1.29, 1.82) is 5.53 Å². The summed E-state index contributed by atoms with van der Waals surface area (Å²) in [5.74, 6) is 0. The molecule has 52 valence electrons. The second kappa shape index (κ2) is 2.60. The molecule has 0 aromatic heterocycles. The third-order valence-corrected chi connectivity index (χ3v) is 1.34. The topological polar surface area (TPSA) is 36.2 Å². The highest BCUT2D eigenvalue weighted by atomic mass is 15.0. The average molecular weight is 134 g/mol. The first-order valence-corrected chi connectivity index (χ1v) is 3.18. The van der Waals surface area contributed by atoms with Crippen LogP contribution in [0.3, 0.4) is 0 Å². The highest BCUT2D eigenvalue weighted by Crippen LogP contribution is 2.15. The van der Waals surface area contributed by atoms with Gasteiger partial charge in [-0.2, -0.15) is 5.11 Å². The van der Waals surface area contributed by atoms with Gasteiger partial charge in [0.2, 0.25) is 0 Å². The minimum Gasteiger partial charge on any atom is -0.204 e. The van der Waals surface area contributed by atoms with Crippen LogP contribution in [0.4, 0.5) is 5.69 Å². The lowest BCUT2D eigenvalue weighted by Gasteiger charge is -1.96. The fourth-order valence-electron chi connectivity index (χ4n) is 1.02. The van der Waals surface area contributed by atoms with E-state index in [4.69, 9.17) is 5.53 Å². The number of benzene rings is 1. The maximum absolute atomic E-state index is 6.76. The Morgan fingerprint density at radius 1 is 1.10 bits per heavy atom. The van der Waals surface area contributed by atoms with Crippen LogP contribution in [-0.2, 0) is 0 Å². The van der Waals surface area contributed by atoms with Crippen LogP contribution < -0.4 is 0 Å². The minimum atomic E-state index is 0.734. The van der Waals surface area contributed by atoms with Gasteiger partial charge >= 0.3 is 0 Å². The molecule has 10 heavy (non-hydrogen) atoms. The van der Waals surface area contributed by atoms with Crippen molar-refractivity contribution in [2.75, 3.05) is 0 Å². The van der Waals surface area contributed by atoms with E-state index in [1.807, 2.05) is 26.0 Å². The number of rotatable bonds is 1. The Hall–Kier alpha value is -1.18. The van der Waals surface area contributed by atoms with Gasteiger partial charge in [0, 0.05) is 0 Å². The highest BCUT2D eigenvalue weighted by molar-refractivity contribution is 5.42. The Labute approximate surface area is 60.4 Å². The zero-order valence-corrected chi connectivity index (χ0v) is 6.18. The molecule has 0 aliphatic carbocycles. The Morgan fingerprint density at radius 2 is 1.60 bits per heavy atom. The average Bonchev–Trinajstić information content (AvgIpc) is 1.85. The summed E-state index contributed by atoms with van der Waals surface area (Å²) in [4.78, 5) is 0. The van der Waals surface area contributed by atoms with Crippen molar-refractivity contribution < 1.29 is 0 Å². The Balaban J connectivity index is 3.18. The van der Waals surface area contributed by atoms with Crippen LogP contribution >= 0.6 is 0 Å². The van der Waals surface area contributed by atoms with Crippen LogP contribution in [0.2, 0.25) is 0 Å². The third-order valence-electron chi connectivity index (χ3n) is 1.34. The van der Waals surface area contributed by atoms with E-state index in [2.05, 4.69) is 11.2 Å². The predicted molar refractivity (Wildman–Crippen MR) is 40.7 cm³/mol. The monoisotopic (exact) mass is 134 g/mol. The normalized spacial score (nSPS) is 9.40. The summed E-state index contributed by atoms with van der Waals surface area (Å²) in [6.07, 6.45) is 0. The van der Waals surface area contributed by atoms with Crippen LogP contribution in [0, 0.1) is 19.4 Å². The van der Waals surface area contributed by atoms with E-state index in [-0.39, 0.29) is 0 Å². The predicted octanol–water partition coefficient (Wildman–Crippen LogP) is 2.97. The molecule has 0 spiro atoms. The second-order valence-electron chi connectivity index (χ2n) is 2.46. The van der Waals surface area contributed by atoms with Gasteiger partial charge < -0.3 is 0 Å². The molecule has 2 heteroatoms. The first-order chi connectivity index (χ1) is 4.72. The summed E-state index contributed by atoms with van der Waals surface area (Å²) in [7, 11) is 0. The van der Waals surface area contributed by atoms with E-state index < -0.39 is 0 Å². The molecule has 0 radical (unpaired) electrons. The highest BCUT2D eigenvalue weighted by Gasteiger charge is 1.91. The van der Waals surface area contributed by atoms with Gasteiger partial charge in [-0.15, -0.1) is 0 Å². The second-order valence-corrected chi connectivity index (χ2v) is 2.46. The SMILES string of the molecule is Cc1cc(C)cc(N=N)c1. The molecule has 1 rings (SSSR count). The maximum Gasteiger partial charge on any atom is 0.0855 e. The van der Waals surface area contributed by atoms with Crippen LogP contribution in [0.5, 0.6) is 0 Å². The van der Waals surface area contributed by atoms with Crippen LogP contribution in [0.1, 0.15) is 11.1 Å². The summed E-state index contributed by atoms with van der Waals surface area (Å²) in [6, 6.07) is 5.84. The zero-order valence-electron chi connectivity index (χ0n) is 6.18. The van der Waals surface area contributed by atoms with Gasteiger partial charge in [0.1, 0.15) is 0 Å². The number of nitrogens with zero attached hydrogens (tertiary/aromatic N) is 1. The molecule has 0 saturated heterocycles. The smallest absolute Gasteiger partial charge is 0.0855 e. The molecule has 0 fully saturated rings. The standard InChI is InChI=1S/C8H10N2/c1-6-3-7(2)5-8(4-6)10-9/h3-5,9H,1-2H3. The fourth-order valence-corrected chi connectivity index (χ4v) is 1.02. The molecule has 0 unspecified atom stereocenters. The van der Waals surface area contributed by atoms with Crippen molar-refractivity contribution >= 4 is 5.69 Å². The molecule has 1 aromatic carbocycles. The summed E-state index contributed by atoms with van der Waals surface area (Å²) in [5, 5.41) is 3.34. The lowest BCUT2D eigenvalue weighted by Crippen LogP contribution is -1.74. The Morgan fingerprint density at radius 3 is 2.00 bits per heavy atom. The molecule has 0 amide bonds. The van der Waals surface area contributed by atoms with Gasteiger partial charge in [0.05, 0.1) is 5.69 Å². The fraction of sp³-hybridized carbons (Fsp3) is 0.250. The molecule has 0 aliphatic rings. The summed E-state index contributed by atoms with van der Waals surface area (Å²) >= 11 is 0. The maximum atomic E-state index is 6.76. The van der Waals surface area contributed by atoms with Gasteiger partial charge in [0.15, 0.2) is 0 Å². The van der Waals surface area contributed by atoms with Crippen molar-refractivity contribution in [2.45, 2.75) is 13.8 Å². The van der Waals surface area contributed by atoms with Gasteiger partial charge in [-0.05, 0) is 37.1 Å². The van der Waals surface area contributed by atoms with Crippen molar-refractivity contribution in [3.8, 4) is 0 Å². The minimum absolute atomic E-state index is 0.734. The van der Waals surface area contributed by atoms with Crippen LogP contribution in [0.25, 0.3) is 0 Å². The quantitative estimate of drug-likeness (QED) is 0.573. The Kier molecular flexibility index (Phi) is 1.81. The van der Waals surface area contributed by atoms with Gasteiger partial charge in [-0.3, -0.25) is 0 Å². The lowest BCUT2D eigenvalue weighted by molar-refractivity contribution is 1.14. The van der Waals surface area contributed by atoms with Crippen molar-refractivity contribution in [1.82, 2.24) is 0 Å². The zero-order chi connectivity index (χ0) is 7.56. The summed E-state index contributed by atoms with van der Waals surface area (Å²) in [6.45, 7) is 4.00. The molecule has 1 aromatic rings. The van der Waals surface area contributed by atoms with Crippen molar-refractivity contribution in [2.24, 2.45) is 5.11 Å². The lowest BCUT2D eigenvalue weighted by atomic mass is 10.1. The number of hydrogen-bond donors (Lipinski definition) is 1. The van der Waals surface area contributed by atoms with Crippen molar-refractivity contribution in [3.05, 3.63) is 29.3 Å². The van der Waals surface area contributed by atoms with Crippen LogP contribution in [0.15, 0.2) is 23.3 Å². The molecule has 0 bridgehead atoms. The van der Waals surface area contributed by atoms with E-state index in [1.165, 1.54) is 0 Å². The molecule has 0 heterocycles. The number of nitrogens with one attached hydrogen (secondary N) is 1. The molecule has 0 saturated carbocycles. The summed E-state index contributed by atoms with van der Waals surface area (Å²) < 4.78 is 0. The molecule has 1 N–H and O–H groups in total. The number of hydrogen-bond acceptors (Lipinski definition) is 2. The first-order valence-electron chi connectivity index (χ1n) is 3.18. The van der Waals surface area contributed by atoms with E-state index >= 15 is 0 Å².